The minimum Gasteiger partial charge on any atom is -0.453 e. The Morgan fingerprint density at radius 3 is 2.95 bits per heavy atom. The van der Waals surface area contributed by atoms with Crippen LogP contribution in [-0.2, 0) is 22.5 Å². The quantitative estimate of drug-likeness (QED) is 0.789. The van der Waals surface area contributed by atoms with Crippen LogP contribution in [0.5, 0.6) is 0 Å². The molecule has 0 saturated heterocycles. The second-order valence-electron chi connectivity index (χ2n) is 4.34. The molecule has 22 heavy (non-hydrogen) atoms. The summed E-state index contributed by atoms with van der Waals surface area (Å²) in [5, 5.41) is 12.5. The van der Waals surface area contributed by atoms with E-state index in [4.69, 9.17) is 0 Å². The minimum absolute atomic E-state index is 0.0120. The number of aromatic nitrogens is 4. The maximum absolute atomic E-state index is 11.8. The monoisotopic (exact) mass is 304 g/mol. The van der Waals surface area contributed by atoms with Crippen molar-refractivity contribution in [2.24, 2.45) is 0 Å². The van der Waals surface area contributed by atoms with Gasteiger partial charge in [-0.3, -0.25) is 15.1 Å². The van der Waals surface area contributed by atoms with Crippen molar-refractivity contribution in [3.8, 4) is 0 Å². The summed E-state index contributed by atoms with van der Waals surface area (Å²) in [7, 11) is 1.24. The third kappa shape index (κ3) is 4.85. The molecule has 9 heteroatoms. The molecule has 2 aromatic rings. The predicted molar refractivity (Wildman–Crippen MR) is 77.0 cm³/mol. The van der Waals surface area contributed by atoms with Crippen molar-refractivity contribution in [3.63, 3.8) is 0 Å². The van der Waals surface area contributed by atoms with Gasteiger partial charge in [0.15, 0.2) is 5.82 Å². The Balaban J connectivity index is 1.74. The van der Waals surface area contributed by atoms with Crippen molar-refractivity contribution in [2.45, 2.75) is 13.0 Å². The van der Waals surface area contributed by atoms with Crippen LogP contribution in [0.15, 0.2) is 30.6 Å². The molecule has 0 fully saturated rings. The number of carbonyl (C=O) groups excluding carboxylic acids is 2. The summed E-state index contributed by atoms with van der Waals surface area (Å²) >= 11 is 0. The average Bonchev–Trinajstić information content (AvgIpc) is 2.95. The molecule has 9 nitrogen and oxygen atoms in total. The van der Waals surface area contributed by atoms with Crippen LogP contribution in [0.25, 0.3) is 0 Å². The topological polar surface area (TPSA) is 111 Å². The van der Waals surface area contributed by atoms with E-state index in [1.54, 1.807) is 6.20 Å². The average molecular weight is 304 g/mol. The van der Waals surface area contributed by atoms with Crippen molar-refractivity contribution < 1.29 is 14.3 Å². The van der Waals surface area contributed by atoms with Gasteiger partial charge < -0.3 is 10.1 Å². The van der Waals surface area contributed by atoms with Crippen molar-refractivity contribution in [2.75, 3.05) is 19.0 Å². The molecule has 0 aliphatic rings. The van der Waals surface area contributed by atoms with Gasteiger partial charge in [-0.05, 0) is 12.1 Å². The molecule has 2 aromatic heterocycles. The largest absolute Gasteiger partial charge is 0.453 e. The Hall–Kier alpha value is -2.97. The van der Waals surface area contributed by atoms with Crippen LogP contribution >= 0.6 is 0 Å². The van der Waals surface area contributed by atoms with Crippen molar-refractivity contribution in [1.82, 2.24) is 25.3 Å². The maximum Gasteiger partial charge on any atom is 0.412 e. The first-order valence-electron chi connectivity index (χ1n) is 6.59. The van der Waals surface area contributed by atoms with E-state index in [9.17, 15) is 9.59 Å². The third-order valence-corrected chi connectivity index (χ3v) is 2.69. The maximum atomic E-state index is 11.8. The Bertz CT molecular complexity index is 628. The second kappa shape index (κ2) is 7.72. The number of hydrogen-bond donors (Lipinski definition) is 2. The van der Waals surface area contributed by atoms with Crippen LogP contribution in [0.4, 0.5) is 10.6 Å². The summed E-state index contributed by atoms with van der Waals surface area (Å²) in [5.41, 5.74) is 0.910. The minimum atomic E-state index is -0.646. The molecule has 116 valence electrons. The second-order valence-corrected chi connectivity index (χ2v) is 4.34. The van der Waals surface area contributed by atoms with Crippen LogP contribution in [0.1, 0.15) is 5.69 Å². The first-order chi connectivity index (χ1) is 10.7. The van der Waals surface area contributed by atoms with Gasteiger partial charge in [0, 0.05) is 24.9 Å². The number of pyridine rings is 1. The Morgan fingerprint density at radius 1 is 1.36 bits per heavy atom. The van der Waals surface area contributed by atoms with Crippen LogP contribution < -0.4 is 10.6 Å². The normalized spacial score (nSPS) is 10.0. The van der Waals surface area contributed by atoms with E-state index in [2.05, 4.69) is 30.7 Å². The summed E-state index contributed by atoms with van der Waals surface area (Å²) in [4.78, 5) is 26.9. The number of nitrogens with zero attached hydrogens (tertiary/aromatic N) is 4. The molecule has 0 aliphatic heterocycles. The lowest BCUT2D eigenvalue weighted by atomic mass is 10.3. The summed E-state index contributed by atoms with van der Waals surface area (Å²) in [6, 6.07) is 5.64. The number of methoxy groups -OCH3 is 1. The summed E-state index contributed by atoms with van der Waals surface area (Å²) in [5.74, 6) is 0.0126. The Kier molecular flexibility index (Phi) is 5.41. The van der Waals surface area contributed by atoms with Gasteiger partial charge in [-0.15, -0.1) is 5.10 Å². The fourth-order valence-electron chi connectivity index (χ4n) is 1.67. The molecule has 0 spiro atoms. The van der Waals surface area contributed by atoms with E-state index in [-0.39, 0.29) is 18.3 Å². The summed E-state index contributed by atoms with van der Waals surface area (Å²) < 4.78 is 5.75. The number of rotatable bonds is 6. The van der Waals surface area contributed by atoms with Gasteiger partial charge >= 0.3 is 6.09 Å². The van der Waals surface area contributed by atoms with Gasteiger partial charge in [0.05, 0.1) is 13.3 Å². The molecule has 0 unspecified atom stereocenters. The highest BCUT2D eigenvalue weighted by Crippen LogP contribution is 2.00. The van der Waals surface area contributed by atoms with Crippen LogP contribution in [0, 0.1) is 0 Å². The number of anilines is 1. The number of amides is 2. The van der Waals surface area contributed by atoms with Gasteiger partial charge in [-0.2, -0.15) is 0 Å². The molecular weight excluding hydrogens is 288 g/mol. The SMILES string of the molecule is COC(=O)Nc1cn(CC(=O)NCCc2ccccn2)nn1. The lowest BCUT2D eigenvalue weighted by Gasteiger charge is -2.04. The third-order valence-electron chi connectivity index (χ3n) is 2.69. The molecule has 2 N–H and O–H groups in total. The smallest absolute Gasteiger partial charge is 0.412 e. The van der Waals surface area contributed by atoms with E-state index >= 15 is 0 Å². The van der Waals surface area contributed by atoms with Gasteiger partial charge in [0.1, 0.15) is 6.54 Å². The predicted octanol–water partition coefficient (Wildman–Crippen LogP) is 0.210. The lowest BCUT2D eigenvalue weighted by Crippen LogP contribution is -2.29. The number of nitrogens with one attached hydrogen (secondary N) is 2. The molecule has 2 rings (SSSR count). The Morgan fingerprint density at radius 2 is 2.23 bits per heavy atom. The zero-order valence-corrected chi connectivity index (χ0v) is 12.0. The molecule has 2 heterocycles. The standard InChI is InChI=1S/C13H16N6O3/c1-22-13(21)16-11-8-19(18-17-11)9-12(20)15-7-5-10-4-2-3-6-14-10/h2-4,6,8H,5,7,9H2,1H3,(H,15,20)(H,16,21). The van der Waals surface area contributed by atoms with Crippen molar-refractivity contribution in [1.29, 1.82) is 0 Å². The first-order valence-corrected chi connectivity index (χ1v) is 6.59. The molecule has 0 radical (unpaired) electrons. The fourth-order valence-corrected chi connectivity index (χ4v) is 1.67. The zero-order valence-electron chi connectivity index (χ0n) is 12.0. The van der Waals surface area contributed by atoms with E-state index in [0.29, 0.717) is 13.0 Å². The van der Waals surface area contributed by atoms with Crippen LogP contribution in [0.3, 0.4) is 0 Å². The number of carbonyl (C=O) groups is 2. The summed E-state index contributed by atoms with van der Waals surface area (Å²) in [6.07, 6.45) is 3.16. The van der Waals surface area contributed by atoms with Crippen molar-refractivity contribution in [3.05, 3.63) is 36.3 Å². The Labute approximate surface area is 126 Å². The van der Waals surface area contributed by atoms with Crippen LogP contribution in [-0.4, -0.2) is 45.6 Å². The van der Waals surface area contributed by atoms with Gasteiger partial charge in [-0.1, -0.05) is 11.3 Å². The molecule has 0 aromatic carbocycles. The van der Waals surface area contributed by atoms with Gasteiger partial charge in [0.25, 0.3) is 0 Å². The van der Waals surface area contributed by atoms with Crippen LogP contribution in [0.2, 0.25) is 0 Å². The first kappa shape index (κ1) is 15.4. The number of ether oxygens (including phenoxy) is 1. The highest BCUT2D eigenvalue weighted by molar-refractivity contribution is 5.82. The van der Waals surface area contributed by atoms with E-state index in [1.165, 1.54) is 18.0 Å². The number of hydrogen-bond acceptors (Lipinski definition) is 6. The highest BCUT2D eigenvalue weighted by Gasteiger charge is 2.08. The van der Waals surface area contributed by atoms with E-state index in [0.717, 1.165) is 5.69 Å². The fraction of sp³-hybridized carbons (Fsp3) is 0.308. The van der Waals surface area contributed by atoms with Gasteiger partial charge in [0.2, 0.25) is 5.91 Å². The molecule has 0 atom stereocenters. The molecule has 0 bridgehead atoms. The van der Waals surface area contributed by atoms with E-state index < -0.39 is 6.09 Å². The van der Waals surface area contributed by atoms with Crippen molar-refractivity contribution >= 4 is 17.8 Å². The molecule has 0 saturated carbocycles. The molecule has 0 aliphatic carbocycles. The molecule has 2 amide bonds. The lowest BCUT2D eigenvalue weighted by molar-refractivity contribution is -0.121. The molecular formula is C13H16N6O3. The zero-order chi connectivity index (χ0) is 15.8. The van der Waals surface area contributed by atoms with E-state index in [1.807, 2.05) is 18.2 Å². The highest BCUT2D eigenvalue weighted by atomic mass is 16.5. The van der Waals surface area contributed by atoms with Gasteiger partial charge in [-0.25, -0.2) is 9.48 Å². The summed E-state index contributed by atoms with van der Waals surface area (Å²) in [6.45, 7) is 0.496.